The van der Waals surface area contributed by atoms with Crippen LogP contribution in [0.25, 0.3) is 0 Å². The molecule has 110 valence electrons. The van der Waals surface area contributed by atoms with Crippen molar-refractivity contribution in [3.8, 4) is 5.88 Å². The van der Waals surface area contributed by atoms with Gasteiger partial charge in [0.15, 0.2) is 6.61 Å². The first-order chi connectivity index (χ1) is 9.44. The number of hydrogen-bond donors (Lipinski definition) is 2. The minimum absolute atomic E-state index is 0.140. The fraction of sp³-hybridized carbons (Fsp3) is 0.500. The van der Waals surface area contributed by atoms with E-state index in [1.807, 2.05) is 0 Å². The lowest BCUT2D eigenvalue weighted by Gasteiger charge is -2.11. The van der Waals surface area contributed by atoms with Gasteiger partial charge in [-0.2, -0.15) is 13.2 Å². The molecule has 2 heterocycles. The number of halogens is 3. The van der Waals surface area contributed by atoms with E-state index < -0.39 is 12.8 Å². The fourth-order valence-corrected chi connectivity index (χ4v) is 1.83. The Bertz CT molecular complexity index is 456. The van der Waals surface area contributed by atoms with E-state index in [1.54, 1.807) is 0 Å². The molecule has 1 atom stereocenters. The SMILES string of the molecule is O=C(Nc1ccc(OCC(F)(F)F)nc1)[C@H]1CCCN1. The number of nitrogens with one attached hydrogen (secondary N) is 2. The van der Waals surface area contributed by atoms with Crippen molar-refractivity contribution in [2.24, 2.45) is 0 Å². The third kappa shape index (κ3) is 4.37. The summed E-state index contributed by atoms with van der Waals surface area (Å²) in [5.74, 6) is -0.312. The molecule has 0 bridgehead atoms. The van der Waals surface area contributed by atoms with Crippen LogP contribution in [0.2, 0.25) is 0 Å². The van der Waals surface area contributed by atoms with Gasteiger partial charge in [0.2, 0.25) is 11.8 Å². The average molecular weight is 289 g/mol. The largest absolute Gasteiger partial charge is 0.468 e. The van der Waals surface area contributed by atoms with E-state index in [2.05, 4.69) is 20.4 Å². The summed E-state index contributed by atoms with van der Waals surface area (Å²) in [7, 11) is 0. The van der Waals surface area contributed by atoms with E-state index in [0.717, 1.165) is 19.4 Å². The van der Waals surface area contributed by atoms with Crippen LogP contribution >= 0.6 is 0 Å². The molecule has 2 rings (SSSR count). The van der Waals surface area contributed by atoms with Gasteiger partial charge in [-0.05, 0) is 25.5 Å². The third-order valence-corrected chi connectivity index (χ3v) is 2.76. The summed E-state index contributed by atoms with van der Waals surface area (Å²) in [6, 6.07) is 2.51. The quantitative estimate of drug-likeness (QED) is 0.886. The van der Waals surface area contributed by atoms with Crippen molar-refractivity contribution in [3.05, 3.63) is 18.3 Å². The molecule has 1 aliphatic rings. The Hall–Kier alpha value is -1.83. The number of nitrogens with zero attached hydrogens (tertiary/aromatic N) is 1. The first-order valence-electron chi connectivity index (χ1n) is 6.14. The fourth-order valence-electron chi connectivity index (χ4n) is 1.83. The molecule has 0 unspecified atom stereocenters. The van der Waals surface area contributed by atoms with Gasteiger partial charge in [-0.1, -0.05) is 0 Å². The van der Waals surface area contributed by atoms with Gasteiger partial charge in [0.1, 0.15) is 0 Å². The van der Waals surface area contributed by atoms with Gasteiger partial charge in [-0.15, -0.1) is 0 Å². The maximum absolute atomic E-state index is 11.9. The van der Waals surface area contributed by atoms with Gasteiger partial charge in [0, 0.05) is 6.07 Å². The zero-order chi connectivity index (χ0) is 14.6. The molecule has 1 aliphatic heterocycles. The highest BCUT2D eigenvalue weighted by molar-refractivity contribution is 5.94. The lowest BCUT2D eigenvalue weighted by Crippen LogP contribution is -2.35. The monoisotopic (exact) mass is 289 g/mol. The first kappa shape index (κ1) is 14.6. The van der Waals surface area contributed by atoms with Gasteiger partial charge < -0.3 is 15.4 Å². The third-order valence-electron chi connectivity index (χ3n) is 2.76. The number of rotatable bonds is 4. The van der Waals surface area contributed by atoms with Crippen LogP contribution in [0.5, 0.6) is 5.88 Å². The van der Waals surface area contributed by atoms with Crippen molar-refractivity contribution >= 4 is 11.6 Å². The second-order valence-electron chi connectivity index (χ2n) is 4.43. The Morgan fingerprint density at radius 2 is 2.30 bits per heavy atom. The number of carbonyl (C=O) groups excluding carboxylic acids is 1. The molecular weight excluding hydrogens is 275 g/mol. The Morgan fingerprint density at radius 1 is 1.50 bits per heavy atom. The molecule has 1 fully saturated rings. The van der Waals surface area contributed by atoms with Crippen LogP contribution in [0.15, 0.2) is 18.3 Å². The summed E-state index contributed by atoms with van der Waals surface area (Å²) in [5, 5.41) is 5.68. The molecule has 8 heteroatoms. The van der Waals surface area contributed by atoms with Crippen molar-refractivity contribution in [2.45, 2.75) is 25.1 Å². The summed E-state index contributed by atoms with van der Waals surface area (Å²) < 4.78 is 40.3. The second kappa shape index (κ2) is 6.08. The minimum Gasteiger partial charge on any atom is -0.468 e. The molecule has 5 nitrogen and oxygen atoms in total. The first-order valence-corrected chi connectivity index (χ1v) is 6.14. The van der Waals surface area contributed by atoms with Crippen molar-refractivity contribution in [1.29, 1.82) is 0 Å². The van der Waals surface area contributed by atoms with Gasteiger partial charge in [0.05, 0.1) is 17.9 Å². The van der Waals surface area contributed by atoms with E-state index >= 15 is 0 Å². The Labute approximate surface area is 113 Å². The van der Waals surface area contributed by atoms with Crippen molar-refractivity contribution in [3.63, 3.8) is 0 Å². The van der Waals surface area contributed by atoms with E-state index in [1.165, 1.54) is 18.3 Å². The molecule has 0 spiro atoms. The van der Waals surface area contributed by atoms with Crippen molar-refractivity contribution in [1.82, 2.24) is 10.3 Å². The normalized spacial score (nSPS) is 18.9. The summed E-state index contributed by atoms with van der Waals surface area (Å²) >= 11 is 0. The Morgan fingerprint density at radius 3 is 2.85 bits per heavy atom. The number of ether oxygens (including phenoxy) is 1. The van der Waals surface area contributed by atoms with E-state index in [4.69, 9.17) is 0 Å². The molecule has 2 N–H and O–H groups in total. The van der Waals surface area contributed by atoms with Gasteiger partial charge >= 0.3 is 6.18 Å². The molecule has 1 aromatic heterocycles. The van der Waals surface area contributed by atoms with Gasteiger partial charge in [-0.3, -0.25) is 4.79 Å². The Balaban J connectivity index is 1.86. The second-order valence-corrected chi connectivity index (χ2v) is 4.43. The predicted octanol–water partition coefficient (Wildman–Crippen LogP) is 1.71. The number of aromatic nitrogens is 1. The van der Waals surface area contributed by atoms with Crippen LogP contribution in [0.4, 0.5) is 18.9 Å². The molecule has 1 amide bonds. The molecule has 0 aliphatic carbocycles. The standard InChI is InChI=1S/C12H14F3N3O2/c13-12(14,15)7-20-10-4-3-8(6-17-10)18-11(19)9-2-1-5-16-9/h3-4,6,9,16H,1-2,5,7H2,(H,18,19)/t9-/m1/s1. The maximum atomic E-state index is 11.9. The van der Waals surface area contributed by atoms with Crippen LogP contribution in [0, 0.1) is 0 Å². The predicted molar refractivity (Wildman–Crippen MR) is 65.4 cm³/mol. The minimum atomic E-state index is -4.40. The van der Waals surface area contributed by atoms with Crippen molar-refractivity contribution in [2.75, 3.05) is 18.5 Å². The molecule has 0 saturated carbocycles. The van der Waals surface area contributed by atoms with Crippen molar-refractivity contribution < 1.29 is 22.7 Å². The number of carbonyl (C=O) groups is 1. The highest BCUT2D eigenvalue weighted by Crippen LogP contribution is 2.18. The van der Waals surface area contributed by atoms with Crippen LogP contribution in [-0.4, -0.2) is 36.3 Å². The number of hydrogen-bond acceptors (Lipinski definition) is 4. The van der Waals surface area contributed by atoms with Gasteiger partial charge in [0.25, 0.3) is 0 Å². The zero-order valence-electron chi connectivity index (χ0n) is 10.5. The number of pyridine rings is 1. The summed E-state index contributed by atoms with van der Waals surface area (Å²) in [5.41, 5.74) is 0.419. The van der Waals surface area contributed by atoms with Gasteiger partial charge in [-0.25, -0.2) is 4.98 Å². The van der Waals surface area contributed by atoms with E-state index in [0.29, 0.717) is 5.69 Å². The van der Waals surface area contributed by atoms with Crippen LogP contribution in [0.3, 0.4) is 0 Å². The number of alkyl halides is 3. The summed E-state index contributed by atoms with van der Waals surface area (Å²) in [6.07, 6.45) is -1.42. The molecular formula is C12H14F3N3O2. The summed E-state index contributed by atoms with van der Waals surface area (Å²) in [4.78, 5) is 15.5. The zero-order valence-corrected chi connectivity index (χ0v) is 10.5. The smallest absolute Gasteiger partial charge is 0.422 e. The lowest BCUT2D eigenvalue weighted by atomic mass is 10.2. The van der Waals surface area contributed by atoms with E-state index in [9.17, 15) is 18.0 Å². The number of anilines is 1. The topological polar surface area (TPSA) is 63.2 Å². The average Bonchev–Trinajstić information content (AvgIpc) is 2.91. The molecule has 0 radical (unpaired) electrons. The molecule has 1 saturated heterocycles. The Kier molecular flexibility index (Phi) is 4.43. The maximum Gasteiger partial charge on any atom is 0.422 e. The molecule has 1 aromatic rings. The molecule has 20 heavy (non-hydrogen) atoms. The van der Waals surface area contributed by atoms with Crippen LogP contribution < -0.4 is 15.4 Å². The molecule has 0 aromatic carbocycles. The summed E-state index contributed by atoms with van der Waals surface area (Å²) in [6.45, 7) is -0.585. The van der Waals surface area contributed by atoms with Crippen LogP contribution in [-0.2, 0) is 4.79 Å². The lowest BCUT2D eigenvalue weighted by molar-refractivity contribution is -0.154. The van der Waals surface area contributed by atoms with Crippen LogP contribution in [0.1, 0.15) is 12.8 Å². The highest BCUT2D eigenvalue weighted by atomic mass is 19.4. The highest BCUT2D eigenvalue weighted by Gasteiger charge is 2.28. The number of amides is 1. The van der Waals surface area contributed by atoms with E-state index in [-0.39, 0.29) is 17.8 Å².